The first kappa shape index (κ1) is 12.4. The van der Waals surface area contributed by atoms with E-state index in [1.54, 1.807) is 13.3 Å². The van der Waals surface area contributed by atoms with Gasteiger partial charge in [-0.05, 0) is 43.7 Å². The summed E-state index contributed by atoms with van der Waals surface area (Å²) in [4.78, 5) is 4.11. The van der Waals surface area contributed by atoms with Gasteiger partial charge in [-0.15, -0.1) is 0 Å². The molecule has 0 atom stereocenters. The van der Waals surface area contributed by atoms with E-state index in [9.17, 15) is 0 Å². The number of anilines is 1. The molecule has 0 aliphatic carbocycles. The number of methoxy groups -OCH3 is 1. The zero-order valence-electron chi connectivity index (χ0n) is 11.0. The molecular formula is C15H18N2O. The second-order valence-corrected chi connectivity index (χ2v) is 4.72. The summed E-state index contributed by atoms with van der Waals surface area (Å²) in [6.45, 7) is 4.28. The molecule has 0 radical (unpaired) electrons. The largest absolute Gasteiger partial charge is 0.497 e. The van der Waals surface area contributed by atoms with Crippen LogP contribution in [0.1, 0.15) is 19.4 Å². The molecule has 1 N–H and O–H groups in total. The third kappa shape index (κ3) is 2.80. The summed E-state index contributed by atoms with van der Waals surface area (Å²) in [5.41, 5.74) is 2.06. The second kappa shape index (κ2) is 5.08. The van der Waals surface area contributed by atoms with Crippen molar-refractivity contribution in [1.29, 1.82) is 0 Å². The predicted molar refractivity (Wildman–Crippen MR) is 73.9 cm³/mol. The highest BCUT2D eigenvalue weighted by Crippen LogP contribution is 2.26. The van der Waals surface area contributed by atoms with Crippen molar-refractivity contribution in [2.24, 2.45) is 0 Å². The molecule has 0 amide bonds. The van der Waals surface area contributed by atoms with E-state index in [2.05, 4.69) is 36.3 Å². The fraction of sp³-hybridized carbons (Fsp3) is 0.267. The van der Waals surface area contributed by atoms with Crippen LogP contribution in [0.5, 0.6) is 5.75 Å². The van der Waals surface area contributed by atoms with Crippen molar-refractivity contribution in [2.75, 3.05) is 12.4 Å². The van der Waals surface area contributed by atoms with Crippen LogP contribution in [0.3, 0.4) is 0 Å². The number of pyridine rings is 1. The van der Waals surface area contributed by atoms with Crippen LogP contribution in [-0.4, -0.2) is 12.1 Å². The first-order valence-corrected chi connectivity index (χ1v) is 5.94. The molecule has 3 nitrogen and oxygen atoms in total. The lowest BCUT2D eigenvalue weighted by Gasteiger charge is -2.28. The van der Waals surface area contributed by atoms with E-state index in [4.69, 9.17) is 4.74 Å². The van der Waals surface area contributed by atoms with E-state index in [1.807, 2.05) is 30.5 Å². The number of hydrogen-bond acceptors (Lipinski definition) is 3. The normalized spacial score (nSPS) is 11.1. The highest BCUT2D eigenvalue weighted by Gasteiger charge is 2.19. The van der Waals surface area contributed by atoms with Gasteiger partial charge < -0.3 is 10.1 Å². The fourth-order valence-electron chi connectivity index (χ4n) is 1.88. The summed E-state index contributed by atoms with van der Waals surface area (Å²) in [5, 5.41) is 3.47. The van der Waals surface area contributed by atoms with Crippen LogP contribution in [-0.2, 0) is 5.54 Å². The third-order valence-electron chi connectivity index (χ3n) is 2.93. The molecule has 2 rings (SSSR count). The van der Waals surface area contributed by atoms with Gasteiger partial charge in [0.15, 0.2) is 0 Å². The average Bonchev–Trinajstić information content (AvgIpc) is 2.39. The van der Waals surface area contributed by atoms with Crippen molar-refractivity contribution in [3.05, 3.63) is 54.4 Å². The van der Waals surface area contributed by atoms with Crippen molar-refractivity contribution in [3.8, 4) is 5.75 Å². The van der Waals surface area contributed by atoms with Crippen molar-refractivity contribution in [3.63, 3.8) is 0 Å². The molecule has 0 aliphatic heterocycles. The topological polar surface area (TPSA) is 34.1 Å². The van der Waals surface area contributed by atoms with Crippen LogP contribution < -0.4 is 10.1 Å². The van der Waals surface area contributed by atoms with Gasteiger partial charge in [0.2, 0.25) is 0 Å². The number of rotatable bonds is 4. The minimum Gasteiger partial charge on any atom is -0.497 e. The molecular weight excluding hydrogens is 224 g/mol. The Balaban J connectivity index is 2.19. The first-order valence-electron chi connectivity index (χ1n) is 5.94. The van der Waals surface area contributed by atoms with Crippen LogP contribution in [0.15, 0.2) is 48.8 Å². The summed E-state index contributed by atoms with van der Waals surface area (Å²) >= 11 is 0. The standard InChI is InChI=1S/C15H18N2O/c1-15(2,17-13-5-4-10-16-11-13)12-6-8-14(18-3)9-7-12/h4-11,17H,1-3H3. The Morgan fingerprint density at radius 3 is 2.39 bits per heavy atom. The van der Waals surface area contributed by atoms with E-state index in [1.165, 1.54) is 5.56 Å². The summed E-state index contributed by atoms with van der Waals surface area (Å²) in [7, 11) is 1.67. The summed E-state index contributed by atoms with van der Waals surface area (Å²) < 4.78 is 5.17. The molecule has 0 aliphatic rings. The van der Waals surface area contributed by atoms with Gasteiger partial charge in [-0.25, -0.2) is 0 Å². The minimum atomic E-state index is -0.157. The molecule has 1 aromatic carbocycles. The second-order valence-electron chi connectivity index (χ2n) is 4.72. The van der Waals surface area contributed by atoms with Gasteiger partial charge in [0.05, 0.1) is 18.3 Å². The van der Waals surface area contributed by atoms with Gasteiger partial charge in [0, 0.05) is 12.4 Å². The van der Waals surface area contributed by atoms with Crippen molar-refractivity contribution in [2.45, 2.75) is 19.4 Å². The van der Waals surface area contributed by atoms with Crippen LogP contribution in [0.25, 0.3) is 0 Å². The lowest BCUT2D eigenvalue weighted by molar-refractivity contribution is 0.414. The molecule has 0 saturated carbocycles. The molecule has 0 unspecified atom stereocenters. The zero-order valence-corrected chi connectivity index (χ0v) is 11.0. The van der Waals surface area contributed by atoms with Crippen molar-refractivity contribution >= 4 is 5.69 Å². The number of aromatic nitrogens is 1. The van der Waals surface area contributed by atoms with E-state index in [0.717, 1.165) is 11.4 Å². The van der Waals surface area contributed by atoms with E-state index < -0.39 is 0 Å². The Hall–Kier alpha value is -2.03. The van der Waals surface area contributed by atoms with Crippen molar-refractivity contribution in [1.82, 2.24) is 4.98 Å². The predicted octanol–water partition coefficient (Wildman–Crippen LogP) is 3.44. The molecule has 3 heteroatoms. The smallest absolute Gasteiger partial charge is 0.118 e. The summed E-state index contributed by atoms with van der Waals surface area (Å²) in [5.74, 6) is 0.871. The molecule has 0 bridgehead atoms. The van der Waals surface area contributed by atoms with Gasteiger partial charge >= 0.3 is 0 Å². The lowest BCUT2D eigenvalue weighted by atomic mass is 9.94. The maximum absolute atomic E-state index is 5.17. The van der Waals surface area contributed by atoms with E-state index >= 15 is 0 Å². The van der Waals surface area contributed by atoms with Crippen LogP contribution in [0, 0.1) is 0 Å². The highest BCUT2D eigenvalue weighted by molar-refractivity contribution is 5.45. The molecule has 2 aromatic rings. The Morgan fingerprint density at radius 1 is 1.11 bits per heavy atom. The van der Waals surface area contributed by atoms with E-state index in [0.29, 0.717) is 0 Å². The number of nitrogens with zero attached hydrogens (tertiary/aromatic N) is 1. The molecule has 1 heterocycles. The van der Waals surface area contributed by atoms with Gasteiger partial charge in [-0.3, -0.25) is 4.98 Å². The summed E-state index contributed by atoms with van der Waals surface area (Å²) in [6.07, 6.45) is 3.59. The maximum Gasteiger partial charge on any atom is 0.118 e. The van der Waals surface area contributed by atoms with Gasteiger partial charge in [-0.2, -0.15) is 0 Å². The molecule has 1 aromatic heterocycles. The van der Waals surface area contributed by atoms with Crippen molar-refractivity contribution < 1.29 is 4.74 Å². The highest BCUT2D eigenvalue weighted by atomic mass is 16.5. The third-order valence-corrected chi connectivity index (χ3v) is 2.93. The van der Waals surface area contributed by atoms with Crippen LogP contribution in [0.2, 0.25) is 0 Å². The minimum absolute atomic E-state index is 0.157. The monoisotopic (exact) mass is 242 g/mol. The number of hydrogen-bond donors (Lipinski definition) is 1. The van der Waals surface area contributed by atoms with Crippen LogP contribution in [0.4, 0.5) is 5.69 Å². The molecule has 18 heavy (non-hydrogen) atoms. The lowest BCUT2D eigenvalue weighted by Crippen LogP contribution is -2.27. The van der Waals surface area contributed by atoms with E-state index in [-0.39, 0.29) is 5.54 Å². The van der Waals surface area contributed by atoms with Gasteiger partial charge in [-0.1, -0.05) is 12.1 Å². The molecule has 0 spiro atoms. The fourth-order valence-corrected chi connectivity index (χ4v) is 1.88. The van der Waals surface area contributed by atoms with Gasteiger partial charge in [0.1, 0.15) is 5.75 Å². The molecule has 94 valence electrons. The quantitative estimate of drug-likeness (QED) is 0.891. The Labute approximate surface area is 108 Å². The molecule has 0 saturated heterocycles. The zero-order chi connectivity index (χ0) is 13.0. The molecule has 0 fully saturated rings. The first-order chi connectivity index (χ1) is 8.62. The van der Waals surface area contributed by atoms with Crippen LogP contribution >= 0.6 is 0 Å². The number of nitrogens with one attached hydrogen (secondary N) is 1. The Bertz CT molecular complexity index is 492. The Morgan fingerprint density at radius 2 is 1.83 bits per heavy atom. The maximum atomic E-state index is 5.17. The summed E-state index contributed by atoms with van der Waals surface area (Å²) in [6, 6.07) is 12.0. The average molecular weight is 242 g/mol. The Kier molecular flexibility index (Phi) is 3.51. The van der Waals surface area contributed by atoms with Gasteiger partial charge in [0.25, 0.3) is 0 Å². The SMILES string of the molecule is COc1ccc(C(C)(C)Nc2cccnc2)cc1. The number of benzene rings is 1. The number of ether oxygens (including phenoxy) is 1.